The minimum atomic E-state index is 0. The zero-order valence-electron chi connectivity index (χ0n) is 15.8. The Hall–Kier alpha value is -1.06. The molecular weight excluding hydrogens is 433 g/mol. The summed E-state index contributed by atoms with van der Waals surface area (Å²) in [5, 5.41) is 6.50. The molecule has 0 aromatic heterocycles. The molecule has 144 valence electrons. The summed E-state index contributed by atoms with van der Waals surface area (Å²) in [5.74, 6) is 1.74. The van der Waals surface area contributed by atoms with Crippen molar-refractivity contribution in [1.29, 1.82) is 0 Å². The number of aliphatic imine (C=N–C) groups is 1. The second kappa shape index (κ2) is 15.2. The maximum Gasteiger partial charge on any atom is 0.191 e. The highest BCUT2D eigenvalue weighted by atomic mass is 127. The van der Waals surface area contributed by atoms with Gasteiger partial charge in [0.15, 0.2) is 5.96 Å². The molecule has 0 aliphatic carbocycles. The van der Waals surface area contributed by atoms with Crippen molar-refractivity contribution in [1.82, 2.24) is 10.6 Å². The first-order valence-corrected chi connectivity index (χ1v) is 8.39. The van der Waals surface area contributed by atoms with E-state index in [2.05, 4.69) is 41.6 Å². The number of hydrogen-bond acceptors (Lipinski definition) is 4. The fraction of sp³-hybridized carbons (Fsp3) is 0.611. The van der Waals surface area contributed by atoms with Crippen LogP contribution in [-0.4, -0.2) is 59.6 Å². The fourth-order valence-electron chi connectivity index (χ4n) is 2.20. The van der Waals surface area contributed by atoms with Gasteiger partial charge in [0.25, 0.3) is 0 Å². The van der Waals surface area contributed by atoms with Gasteiger partial charge in [0.05, 0.1) is 19.8 Å². The van der Waals surface area contributed by atoms with Gasteiger partial charge in [0, 0.05) is 27.3 Å². The molecule has 0 atom stereocenters. The molecule has 0 fully saturated rings. The number of nitrogens with zero attached hydrogens (tertiary/aromatic N) is 1. The van der Waals surface area contributed by atoms with Crippen LogP contribution < -0.4 is 15.4 Å². The van der Waals surface area contributed by atoms with E-state index in [1.54, 1.807) is 14.2 Å². The van der Waals surface area contributed by atoms with E-state index in [0.29, 0.717) is 33.0 Å². The van der Waals surface area contributed by atoms with Crippen LogP contribution in [0.4, 0.5) is 0 Å². The van der Waals surface area contributed by atoms with E-state index in [1.165, 1.54) is 0 Å². The van der Waals surface area contributed by atoms with Crippen molar-refractivity contribution in [2.75, 3.05) is 53.7 Å². The van der Waals surface area contributed by atoms with Crippen molar-refractivity contribution in [2.24, 2.45) is 4.99 Å². The molecule has 2 N–H and O–H groups in total. The van der Waals surface area contributed by atoms with Crippen LogP contribution in [0.3, 0.4) is 0 Å². The lowest BCUT2D eigenvalue weighted by Crippen LogP contribution is -2.40. The summed E-state index contributed by atoms with van der Waals surface area (Å²) < 4.78 is 16.2. The van der Waals surface area contributed by atoms with Crippen molar-refractivity contribution < 1.29 is 14.2 Å². The van der Waals surface area contributed by atoms with Gasteiger partial charge >= 0.3 is 0 Å². The van der Waals surface area contributed by atoms with Gasteiger partial charge in [0.2, 0.25) is 0 Å². The van der Waals surface area contributed by atoms with Gasteiger partial charge in [-0.2, -0.15) is 0 Å². The molecule has 1 aromatic rings. The predicted molar refractivity (Wildman–Crippen MR) is 114 cm³/mol. The van der Waals surface area contributed by atoms with Gasteiger partial charge in [-0.1, -0.05) is 18.2 Å². The number of para-hydroxylation sites is 1. The van der Waals surface area contributed by atoms with Crippen LogP contribution in [-0.2, 0) is 9.47 Å². The van der Waals surface area contributed by atoms with Crippen LogP contribution >= 0.6 is 24.0 Å². The van der Waals surface area contributed by atoms with Crippen LogP contribution in [0.2, 0.25) is 0 Å². The van der Waals surface area contributed by atoms with Crippen molar-refractivity contribution in [3.63, 3.8) is 0 Å². The number of hydrogen-bond donors (Lipinski definition) is 2. The molecule has 0 amide bonds. The Kier molecular flexibility index (Phi) is 14.6. The summed E-state index contributed by atoms with van der Waals surface area (Å²) in [6, 6.07) is 6.16. The lowest BCUT2D eigenvalue weighted by Gasteiger charge is -2.14. The smallest absolute Gasteiger partial charge is 0.191 e. The minimum Gasteiger partial charge on any atom is -0.491 e. The molecule has 1 rings (SSSR count). The normalized spacial score (nSPS) is 11.0. The van der Waals surface area contributed by atoms with Gasteiger partial charge in [-0.3, -0.25) is 4.99 Å². The lowest BCUT2D eigenvalue weighted by molar-refractivity contribution is 0.0698. The quantitative estimate of drug-likeness (QED) is 0.228. The molecular formula is C18H32IN3O3. The maximum atomic E-state index is 5.87. The van der Waals surface area contributed by atoms with Crippen LogP contribution in [0, 0.1) is 13.8 Å². The standard InChI is InChI=1S/C18H31N3O3.HI/c1-15-7-5-8-16(2)17(15)24-12-10-21-18(19-3)20-9-6-11-23-14-13-22-4;/h5,7-8H,6,9-14H2,1-4H3,(H2,19,20,21);1H. The average Bonchev–Trinajstić information content (AvgIpc) is 2.58. The molecule has 0 aliphatic rings. The third-order valence-corrected chi connectivity index (χ3v) is 3.46. The van der Waals surface area contributed by atoms with E-state index < -0.39 is 0 Å². The highest BCUT2D eigenvalue weighted by molar-refractivity contribution is 14.0. The van der Waals surface area contributed by atoms with Crippen LogP contribution in [0.25, 0.3) is 0 Å². The van der Waals surface area contributed by atoms with Crippen molar-refractivity contribution in [3.05, 3.63) is 29.3 Å². The number of benzene rings is 1. The number of methoxy groups -OCH3 is 1. The Morgan fingerprint density at radius 3 is 2.32 bits per heavy atom. The third kappa shape index (κ3) is 10.5. The van der Waals surface area contributed by atoms with Gasteiger partial charge in [-0.15, -0.1) is 24.0 Å². The molecule has 0 radical (unpaired) electrons. The summed E-state index contributed by atoms with van der Waals surface area (Å²) in [5.41, 5.74) is 2.32. The van der Waals surface area contributed by atoms with Crippen molar-refractivity contribution >= 4 is 29.9 Å². The Morgan fingerprint density at radius 2 is 1.68 bits per heavy atom. The summed E-state index contributed by atoms with van der Waals surface area (Å²) >= 11 is 0. The first kappa shape index (κ1) is 23.9. The van der Waals surface area contributed by atoms with E-state index in [4.69, 9.17) is 14.2 Å². The van der Waals surface area contributed by atoms with E-state index in [0.717, 1.165) is 35.8 Å². The predicted octanol–water partition coefficient (Wildman–Crippen LogP) is 2.52. The molecule has 0 heterocycles. The molecule has 25 heavy (non-hydrogen) atoms. The number of rotatable bonds is 11. The zero-order chi connectivity index (χ0) is 17.6. The Balaban J connectivity index is 0.00000576. The Morgan fingerprint density at radius 1 is 1.00 bits per heavy atom. The largest absolute Gasteiger partial charge is 0.491 e. The highest BCUT2D eigenvalue weighted by Crippen LogP contribution is 2.21. The molecule has 0 bridgehead atoms. The number of guanidine groups is 1. The lowest BCUT2D eigenvalue weighted by atomic mass is 10.1. The molecule has 0 aliphatic heterocycles. The van der Waals surface area contributed by atoms with E-state index >= 15 is 0 Å². The molecule has 6 nitrogen and oxygen atoms in total. The van der Waals surface area contributed by atoms with Gasteiger partial charge in [-0.25, -0.2) is 0 Å². The number of ether oxygens (including phenoxy) is 3. The van der Waals surface area contributed by atoms with Gasteiger partial charge in [-0.05, 0) is 31.4 Å². The van der Waals surface area contributed by atoms with Gasteiger partial charge < -0.3 is 24.8 Å². The fourth-order valence-corrected chi connectivity index (χ4v) is 2.20. The summed E-state index contributed by atoms with van der Waals surface area (Å²) in [4.78, 5) is 4.19. The number of halogens is 1. The SMILES string of the molecule is CN=C(NCCCOCCOC)NCCOc1c(C)cccc1C.I. The first-order chi connectivity index (χ1) is 11.7. The second-order valence-electron chi connectivity index (χ2n) is 5.45. The van der Waals surface area contributed by atoms with Crippen LogP contribution in [0.15, 0.2) is 23.2 Å². The second-order valence-corrected chi connectivity index (χ2v) is 5.45. The van der Waals surface area contributed by atoms with Crippen molar-refractivity contribution in [2.45, 2.75) is 20.3 Å². The van der Waals surface area contributed by atoms with E-state index in [9.17, 15) is 0 Å². The highest BCUT2D eigenvalue weighted by Gasteiger charge is 2.03. The molecule has 0 unspecified atom stereocenters. The zero-order valence-corrected chi connectivity index (χ0v) is 18.1. The molecule has 7 heteroatoms. The molecule has 0 saturated heterocycles. The number of nitrogens with one attached hydrogen (secondary N) is 2. The topological polar surface area (TPSA) is 64.1 Å². The van der Waals surface area contributed by atoms with Gasteiger partial charge in [0.1, 0.15) is 12.4 Å². The Labute approximate surface area is 168 Å². The summed E-state index contributed by atoms with van der Waals surface area (Å²) in [7, 11) is 3.43. The van der Waals surface area contributed by atoms with E-state index in [1.807, 2.05) is 6.07 Å². The molecule has 0 saturated carbocycles. The molecule has 0 spiro atoms. The third-order valence-electron chi connectivity index (χ3n) is 3.46. The maximum absolute atomic E-state index is 5.87. The summed E-state index contributed by atoms with van der Waals surface area (Å²) in [6.45, 7) is 8.20. The van der Waals surface area contributed by atoms with Crippen molar-refractivity contribution in [3.8, 4) is 5.75 Å². The van der Waals surface area contributed by atoms with E-state index in [-0.39, 0.29) is 24.0 Å². The van der Waals surface area contributed by atoms with Crippen LogP contribution in [0.5, 0.6) is 5.75 Å². The Bertz CT molecular complexity index is 478. The monoisotopic (exact) mass is 465 g/mol. The molecule has 1 aromatic carbocycles. The number of aryl methyl sites for hydroxylation is 2. The first-order valence-electron chi connectivity index (χ1n) is 8.39. The van der Waals surface area contributed by atoms with Crippen LogP contribution in [0.1, 0.15) is 17.5 Å². The minimum absolute atomic E-state index is 0. The average molecular weight is 465 g/mol. The summed E-state index contributed by atoms with van der Waals surface area (Å²) in [6.07, 6.45) is 0.920.